The largest absolute Gasteiger partial charge is 1.00 e. The van der Waals surface area contributed by atoms with E-state index in [0.717, 1.165) is 0 Å². The van der Waals surface area contributed by atoms with Crippen LogP contribution in [0, 0.1) is 0 Å². The van der Waals surface area contributed by atoms with E-state index in [2.05, 4.69) is 261 Å². The Morgan fingerprint density at radius 3 is 0.871 bits per heavy atom. The predicted molar refractivity (Wildman–Crippen MR) is 255 cm³/mol. The Labute approximate surface area is 397 Å². The summed E-state index contributed by atoms with van der Waals surface area (Å²) < 4.78 is 9.48. The first-order valence-corrected chi connectivity index (χ1v) is 44.6. The molecule has 0 fully saturated rings. The van der Waals surface area contributed by atoms with Crippen LogP contribution in [0.5, 0.6) is 0 Å². The molecule has 8 heteroatoms. The number of para-hydroxylation sites is 2. The molecule has 2 aliphatic carbocycles. The van der Waals surface area contributed by atoms with E-state index in [1.807, 2.05) is 0 Å². The monoisotopic (exact) mass is 1210 g/mol. The van der Waals surface area contributed by atoms with Crippen molar-refractivity contribution in [2.24, 2.45) is 0 Å². The fourth-order valence-corrected chi connectivity index (χ4v) is 67.7. The van der Waals surface area contributed by atoms with Gasteiger partial charge in [-0.1, -0.05) is 0 Å². The normalized spacial score (nSPS) is 14.0. The van der Waals surface area contributed by atoms with Gasteiger partial charge < -0.3 is 24.8 Å². The van der Waals surface area contributed by atoms with E-state index in [1.54, 1.807) is 20.7 Å². The van der Waals surface area contributed by atoms with Crippen LogP contribution in [-0.4, -0.2) is 12.0 Å². The van der Waals surface area contributed by atoms with Crippen LogP contribution in [0.3, 0.4) is 0 Å². The summed E-state index contributed by atoms with van der Waals surface area (Å²) in [6, 6.07) is 84.8. The molecule has 62 heavy (non-hydrogen) atoms. The van der Waals surface area contributed by atoms with Crippen molar-refractivity contribution in [2.75, 3.05) is 6.61 Å². The third-order valence-electron chi connectivity index (χ3n) is 11.5. The zero-order valence-electron chi connectivity index (χ0n) is 34.3. The topological polar surface area (TPSA) is 24.1 Å². The van der Waals surface area contributed by atoms with Crippen molar-refractivity contribution in [3.8, 4) is 0 Å². The molecule has 2 atom stereocenters. The van der Waals surface area contributed by atoms with Crippen LogP contribution in [0.2, 0.25) is 0 Å². The molecular formula is C54H48Cl2Hf2N2Si2. The van der Waals surface area contributed by atoms with Gasteiger partial charge in [0.25, 0.3) is 0 Å². The third kappa shape index (κ3) is 10.8. The standard InChI is InChI=1S/2C12H11Si.2C9H7.2C6H6N.2ClH.2Hf/c2*1-3-7-11(8-4-1)13-12-9-5-2-6-10-12;2*1-2-5-9-7-3-6-8(9)4-1;2*7-6-4-2-1-3-5-6;;;;/h2*1-10,13H;2*1-7H;2*1-5,7H;2*1H;;/q;;;;2*-1;;;2*+2/p-2. The number of nitrogens with one attached hydrogen (secondary N) is 2. The molecule has 2 N–H and O–H groups in total. The van der Waals surface area contributed by atoms with Crippen LogP contribution in [0.15, 0.2) is 243 Å². The van der Waals surface area contributed by atoms with Crippen molar-refractivity contribution in [3.05, 3.63) is 265 Å². The molecule has 0 amide bonds. The van der Waals surface area contributed by atoms with E-state index >= 15 is 0 Å². The first-order chi connectivity index (χ1) is 29.8. The van der Waals surface area contributed by atoms with Crippen molar-refractivity contribution in [1.29, 1.82) is 0 Å². The first-order valence-electron chi connectivity index (χ1n) is 20.9. The van der Waals surface area contributed by atoms with Gasteiger partial charge in [0.2, 0.25) is 0 Å². The van der Waals surface area contributed by atoms with E-state index in [0.29, 0.717) is 7.35 Å². The van der Waals surface area contributed by atoms with Crippen LogP contribution < -0.4 is 52.2 Å². The Morgan fingerprint density at radius 2 is 0.565 bits per heavy atom. The van der Waals surface area contributed by atoms with E-state index in [4.69, 9.17) is 0 Å². The van der Waals surface area contributed by atoms with Crippen LogP contribution >= 0.6 is 0 Å². The summed E-state index contributed by atoms with van der Waals surface area (Å²) in [7, 11) is 0. The number of benzene rings is 8. The van der Waals surface area contributed by atoms with Gasteiger partial charge in [-0.3, -0.25) is 0 Å². The molecule has 0 bridgehead atoms. The number of rotatable bonds is 12. The number of halogens is 2. The quantitative estimate of drug-likeness (QED) is 0.182. The van der Waals surface area contributed by atoms with Gasteiger partial charge in [-0.05, 0) is 0 Å². The van der Waals surface area contributed by atoms with Crippen molar-refractivity contribution in [2.45, 2.75) is 7.35 Å². The maximum absolute atomic E-state index is 4.18. The average Bonchev–Trinajstić information content (AvgIpc) is 3.96. The number of hydrogen-bond donors (Lipinski definition) is 2. The van der Waals surface area contributed by atoms with Gasteiger partial charge in [-0.25, -0.2) is 0 Å². The number of hydrogen-bond acceptors (Lipinski definition) is 2. The predicted octanol–water partition coefficient (Wildman–Crippen LogP) is 3.88. The minimum Gasteiger partial charge on any atom is -1.00 e. The summed E-state index contributed by atoms with van der Waals surface area (Å²) in [5.41, 5.74) is 8.39. The van der Waals surface area contributed by atoms with Gasteiger partial charge in [-0.15, -0.1) is 0 Å². The second-order valence-corrected chi connectivity index (χ2v) is 55.2. The summed E-state index contributed by atoms with van der Waals surface area (Å²) in [4.78, 5) is 0. The first kappa shape index (κ1) is 45.6. The zero-order valence-corrected chi connectivity index (χ0v) is 45.3. The Kier molecular flexibility index (Phi) is 16.8. The van der Waals surface area contributed by atoms with Gasteiger partial charge in [0.15, 0.2) is 0 Å². The van der Waals surface area contributed by atoms with Crippen molar-refractivity contribution in [1.82, 2.24) is 0 Å². The van der Waals surface area contributed by atoms with E-state index in [1.165, 1.54) is 33.6 Å². The number of fused-ring (bicyclic) bond motifs is 2. The van der Waals surface area contributed by atoms with E-state index < -0.39 is 53.8 Å². The molecule has 10 rings (SSSR count). The third-order valence-corrected chi connectivity index (χ3v) is 65.6. The minimum absolute atomic E-state index is 0. The molecule has 0 radical (unpaired) electrons. The summed E-state index contributed by atoms with van der Waals surface area (Å²) in [5.74, 6) is -2.79. The zero-order chi connectivity index (χ0) is 40.4. The summed E-state index contributed by atoms with van der Waals surface area (Å²) in [6.07, 6.45) is 9.68. The molecule has 0 aromatic heterocycles. The number of anilines is 2. The van der Waals surface area contributed by atoms with Crippen molar-refractivity contribution < 1.29 is 66.6 Å². The maximum atomic E-state index is 4.18. The SMILES string of the molecule is C1=C[CH]([Hf+]([NH]c2ccccc2)[SiH](c2ccccc2)c2ccccc2)c2ccccc21.C1=C[CH]([Hf+]([NH]c2ccccc2)[SiH](c2ccccc2)c2ccccc2)c2ccccc21.[Cl-].[Cl-]. The molecule has 0 spiro atoms. The molecule has 8 aromatic carbocycles. The molecule has 0 saturated carbocycles. The molecule has 0 saturated heterocycles. The molecule has 0 aliphatic heterocycles. The van der Waals surface area contributed by atoms with Crippen LogP contribution in [0.1, 0.15) is 29.6 Å². The summed E-state index contributed by atoms with van der Waals surface area (Å²) >= 11 is -4.99. The maximum Gasteiger partial charge on any atom is -1.00 e. The van der Waals surface area contributed by atoms with Gasteiger partial charge in [0.1, 0.15) is 0 Å². The van der Waals surface area contributed by atoms with E-state index in [9.17, 15) is 0 Å². The second-order valence-electron chi connectivity index (χ2n) is 15.3. The molecule has 2 nitrogen and oxygen atoms in total. The Morgan fingerprint density at radius 1 is 0.306 bits per heavy atom. The molecule has 2 unspecified atom stereocenters. The smallest absolute Gasteiger partial charge is 1.00 e. The van der Waals surface area contributed by atoms with Crippen LogP contribution in [0.4, 0.5) is 11.4 Å². The van der Waals surface area contributed by atoms with Crippen LogP contribution in [-0.2, 0) is 41.8 Å². The average molecular weight is 1210 g/mol. The molecule has 0 heterocycles. The minimum atomic E-state index is -2.49. The number of allylic oxidation sites excluding steroid dienone is 2. The molecule has 8 aromatic rings. The summed E-state index contributed by atoms with van der Waals surface area (Å²) in [5, 5.41) is 6.25. The fraction of sp³-hybridized carbons (Fsp3) is 0.0370. The van der Waals surface area contributed by atoms with Gasteiger partial charge in [-0.2, -0.15) is 0 Å². The molecular weight excluding hydrogens is 1160 g/mol. The van der Waals surface area contributed by atoms with Crippen molar-refractivity contribution in [3.63, 3.8) is 0 Å². The van der Waals surface area contributed by atoms with Gasteiger partial charge in [0, 0.05) is 0 Å². The van der Waals surface area contributed by atoms with Gasteiger partial charge in [0.05, 0.1) is 0 Å². The Balaban J connectivity index is 0.000000181. The van der Waals surface area contributed by atoms with Gasteiger partial charge >= 0.3 is 377 Å². The summed E-state index contributed by atoms with van der Waals surface area (Å²) in [6.45, 7) is 0. The van der Waals surface area contributed by atoms with E-state index in [-0.39, 0.29) is 24.8 Å². The Hall–Kier alpha value is -4.41. The van der Waals surface area contributed by atoms with Crippen LogP contribution in [0.25, 0.3) is 12.2 Å². The second kappa shape index (κ2) is 22.8. The van der Waals surface area contributed by atoms with Crippen molar-refractivity contribution >= 4 is 56.2 Å². The molecule has 2 aliphatic rings. The molecule has 304 valence electrons. The fourth-order valence-electron chi connectivity index (χ4n) is 8.76. The Bertz CT molecular complexity index is 2380.